The Labute approximate surface area is 157 Å². The van der Waals surface area contributed by atoms with Crippen molar-refractivity contribution in [1.29, 1.82) is 0 Å². The number of nitrogens with one attached hydrogen (secondary N) is 3. The van der Waals surface area contributed by atoms with E-state index in [2.05, 4.69) is 16.2 Å². The molecule has 0 fully saturated rings. The fourth-order valence-corrected chi connectivity index (χ4v) is 2.04. The van der Waals surface area contributed by atoms with Gasteiger partial charge in [-0.1, -0.05) is 17.7 Å². The highest BCUT2D eigenvalue weighted by molar-refractivity contribution is 6.30. The van der Waals surface area contributed by atoms with Gasteiger partial charge in [-0.15, -0.1) is 0 Å². The van der Waals surface area contributed by atoms with Crippen LogP contribution in [0.2, 0.25) is 5.02 Å². The summed E-state index contributed by atoms with van der Waals surface area (Å²) in [5.74, 6) is -0.878. The third-order valence-electron chi connectivity index (χ3n) is 3.24. The Balaban J connectivity index is 1.85. The molecule has 0 aromatic heterocycles. The lowest BCUT2D eigenvalue weighted by Crippen LogP contribution is -2.48. The molecule has 0 aliphatic rings. The largest absolute Gasteiger partial charge is 0.481 e. The SMILES string of the molecule is C[C@@H](Oc1cccc(C(F)(F)F)c1)C(=O)NNC(=O)Nc1ccc(Cl)cc1. The molecule has 0 bridgehead atoms. The first-order valence-corrected chi connectivity index (χ1v) is 7.99. The molecule has 0 aliphatic heterocycles. The molecule has 0 saturated heterocycles. The van der Waals surface area contributed by atoms with Crippen molar-refractivity contribution < 1.29 is 27.5 Å². The number of carbonyl (C=O) groups excluding carboxylic acids is 2. The predicted molar refractivity (Wildman–Crippen MR) is 93.3 cm³/mol. The summed E-state index contributed by atoms with van der Waals surface area (Å²) >= 11 is 5.73. The van der Waals surface area contributed by atoms with Gasteiger partial charge in [-0.3, -0.25) is 10.2 Å². The summed E-state index contributed by atoms with van der Waals surface area (Å²) in [7, 11) is 0. The number of benzene rings is 2. The summed E-state index contributed by atoms with van der Waals surface area (Å²) in [5, 5.41) is 2.94. The standard InChI is InChI=1S/C17H15ClF3N3O3/c1-10(27-14-4-2-3-11(9-14)17(19,20)21)15(25)23-24-16(26)22-13-7-5-12(18)6-8-13/h2-10H,1H3,(H,23,25)(H2,22,24,26)/t10-/m1/s1. The summed E-state index contributed by atoms with van der Waals surface area (Å²) in [6.07, 6.45) is -5.67. The zero-order chi connectivity index (χ0) is 20.0. The minimum atomic E-state index is -4.52. The lowest BCUT2D eigenvalue weighted by molar-refractivity contribution is -0.137. The summed E-state index contributed by atoms with van der Waals surface area (Å²) in [6, 6.07) is 9.66. The molecule has 144 valence electrons. The van der Waals surface area contributed by atoms with Gasteiger partial charge in [0.2, 0.25) is 0 Å². The number of ether oxygens (including phenoxy) is 1. The summed E-state index contributed by atoms with van der Waals surface area (Å²) in [5.41, 5.74) is 3.76. The van der Waals surface area contributed by atoms with Crippen LogP contribution in [0, 0.1) is 0 Å². The number of urea groups is 1. The monoisotopic (exact) mass is 401 g/mol. The van der Waals surface area contributed by atoms with Crippen LogP contribution in [0.4, 0.5) is 23.7 Å². The van der Waals surface area contributed by atoms with Crippen molar-refractivity contribution in [2.45, 2.75) is 19.2 Å². The van der Waals surface area contributed by atoms with Gasteiger partial charge in [0.15, 0.2) is 6.10 Å². The van der Waals surface area contributed by atoms with E-state index >= 15 is 0 Å². The second-order valence-electron chi connectivity index (χ2n) is 5.36. The van der Waals surface area contributed by atoms with Crippen LogP contribution in [0.25, 0.3) is 0 Å². The first-order valence-electron chi connectivity index (χ1n) is 7.61. The van der Waals surface area contributed by atoms with Crippen LogP contribution in [0.5, 0.6) is 5.75 Å². The van der Waals surface area contributed by atoms with Crippen molar-refractivity contribution in [2.75, 3.05) is 5.32 Å². The molecule has 2 rings (SSSR count). The Kier molecular flexibility index (Phi) is 6.51. The highest BCUT2D eigenvalue weighted by atomic mass is 35.5. The number of amides is 3. The van der Waals surface area contributed by atoms with E-state index in [1.54, 1.807) is 24.3 Å². The zero-order valence-electron chi connectivity index (χ0n) is 13.9. The fourth-order valence-electron chi connectivity index (χ4n) is 1.92. The maximum Gasteiger partial charge on any atom is 0.416 e. The van der Waals surface area contributed by atoms with E-state index in [1.807, 2.05) is 0 Å². The van der Waals surface area contributed by atoms with Crippen LogP contribution in [-0.4, -0.2) is 18.0 Å². The second-order valence-corrected chi connectivity index (χ2v) is 5.80. The molecule has 0 unspecified atom stereocenters. The fraction of sp³-hybridized carbons (Fsp3) is 0.176. The Morgan fingerprint density at radius 2 is 1.74 bits per heavy atom. The van der Waals surface area contributed by atoms with Gasteiger partial charge in [0.1, 0.15) is 5.75 Å². The van der Waals surface area contributed by atoms with Crippen LogP contribution in [0.15, 0.2) is 48.5 Å². The number of hydrogen-bond donors (Lipinski definition) is 3. The molecule has 0 radical (unpaired) electrons. The van der Waals surface area contributed by atoms with Crippen LogP contribution in [-0.2, 0) is 11.0 Å². The predicted octanol–water partition coefficient (Wildman–Crippen LogP) is 3.98. The van der Waals surface area contributed by atoms with Crippen molar-refractivity contribution in [3.05, 3.63) is 59.1 Å². The molecule has 0 aliphatic carbocycles. The van der Waals surface area contributed by atoms with Gasteiger partial charge in [0.25, 0.3) is 5.91 Å². The van der Waals surface area contributed by atoms with E-state index in [-0.39, 0.29) is 5.75 Å². The first-order chi connectivity index (χ1) is 12.6. The smallest absolute Gasteiger partial charge is 0.416 e. The van der Waals surface area contributed by atoms with E-state index in [1.165, 1.54) is 19.1 Å². The molecular formula is C17H15ClF3N3O3. The maximum absolute atomic E-state index is 12.7. The van der Waals surface area contributed by atoms with Crippen molar-refractivity contribution in [3.63, 3.8) is 0 Å². The highest BCUT2D eigenvalue weighted by Crippen LogP contribution is 2.31. The molecule has 0 spiro atoms. The molecule has 1 atom stereocenters. The van der Waals surface area contributed by atoms with E-state index in [4.69, 9.17) is 16.3 Å². The van der Waals surface area contributed by atoms with Crippen molar-refractivity contribution in [2.24, 2.45) is 0 Å². The molecule has 6 nitrogen and oxygen atoms in total. The number of alkyl halides is 3. The Morgan fingerprint density at radius 1 is 1.07 bits per heavy atom. The number of halogens is 4. The van der Waals surface area contributed by atoms with Gasteiger partial charge < -0.3 is 10.1 Å². The Bertz CT molecular complexity index is 813. The van der Waals surface area contributed by atoms with Gasteiger partial charge in [-0.2, -0.15) is 13.2 Å². The second kappa shape index (κ2) is 8.63. The number of hydrogen-bond acceptors (Lipinski definition) is 3. The summed E-state index contributed by atoms with van der Waals surface area (Å²) in [6.45, 7) is 1.33. The van der Waals surface area contributed by atoms with Crippen LogP contribution >= 0.6 is 11.6 Å². The summed E-state index contributed by atoms with van der Waals surface area (Å²) in [4.78, 5) is 23.6. The molecule has 2 aromatic carbocycles. The number of anilines is 1. The molecule has 27 heavy (non-hydrogen) atoms. The van der Waals surface area contributed by atoms with E-state index < -0.39 is 29.8 Å². The third-order valence-corrected chi connectivity index (χ3v) is 3.50. The number of hydrazine groups is 1. The third kappa shape index (κ3) is 6.37. The molecule has 2 aromatic rings. The van der Waals surface area contributed by atoms with Crippen molar-refractivity contribution >= 4 is 29.2 Å². The topological polar surface area (TPSA) is 79.5 Å². The summed E-state index contributed by atoms with van der Waals surface area (Å²) < 4.78 is 43.2. The maximum atomic E-state index is 12.7. The van der Waals surface area contributed by atoms with Gasteiger partial charge in [-0.25, -0.2) is 10.2 Å². The first kappa shape index (κ1) is 20.4. The number of rotatable bonds is 4. The van der Waals surface area contributed by atoms with Gasteiger partial charge in [0, 0.05) is 10.7 Å². The van der Waals surface area contributed by atoms with Crippen LogP contribution < -0.4 is 20.9 Å². The zero-order valence-corrected chi connectivity index (χ0v) is 14.7. The molecule has 3 N–H and O–H groups in total. The highest BCUT2D eigenvalue weighted by Gasteiger charge is 2.30. The normalized spacial score (nSPS) is 12.0. The van der Waals surface area contributed by atoms with Crippen LogP contribution in [0.3, 0.4) is 0 Å². The Morgan fingerprint density at radius 3 is 2.37 bits per heavy atom. The van der Waals surface area contributed by atoms with E-state index in [0.29, 0.717) is 10.7 Å². The van der Waals surface area contributed by atoms with E-state index in [0.717, 1.165) is 12.1 Å². The molecule has 3 amide bonds. The van der Waals surface area contributed by atoms with Gasteiger partial charge >= 0.3 is 12.2 Å². The minimum absolute atomic E-state index is 0.127. The van der Waals surface area contributed by atoms with Crippen molar-refractivity contribution in [1.82, 2.24) is 10.9 Å². The van der Waals surface area contributed by atoms with Crippen molar-refractivity contribution in [3.8, 4) is 5.75 Å². The minimum Gasteiger partial charge on any atom is -0.481 e. The molecule has 0 saturated carbocycles. The lowest BCUT2D eigenvalue weighted by atomic mass is 10.2. The van der Waals surface area contributed by atoms with Gasteiger partial charge in [-0.05, 0) is 49.4 Å². The quantitative estimate of drug-likeness (QED) is 0.678. The lowest BCUT2D eigenvalue weighted by Gasteiger charge is -2.16. The average molecular weight is 402 g/mol. The van der Waals surface area contributed by atoms with Crippen LogP contribution in [0.1, 0.15) is 12.5 Å². The average Bonchev–Trinajstić information content (AvgIpc) is 2.61. The molecule has 10 heteroatoms. The number of carbonyl (C=O) groups is 2. The molecule has 0 heterocycles. The molecular weight excluding hydrogens is 387 g/mol. The Hall–Kier alpha value is -2.94. The van der Waals surface area contributed by atoms with E-state index in [9.17, 15) is 22.8 Å². The van der Waals surface area contributed by atoms with Gasteiger partial charge in [0.05, 0.1) is 5.56 Å².